The number of rotatable bonds is 15. The summed E-state index contributed by atoms with van der Waals surface area (Å²) in [6.45, 7) is 3.86. The summed E-state index contributed by atoms with van der Waals surface area (Å²) in [6.07, 6.45) is 16.3. The minimum atomic E-state index is -0.657. The van der Waals surface area contributed by atoms with Crippen LogP contribution >= 0.6 is 0 Å². The Morgan fingerprint density at radius 1 is 0.818 bits per heavy atom. The summed E-state index contributed by atoms with van der Waals surface area (Å²) in [5.74, 6) is 0. The van der Waals surface area contributed by atoms with Gasteiger partial charge in [-0.15, -0.1) is 0 Å². The van der Waals surface area contributed by atoms with Crippen molar-refractivity contribution >= 4 is 6.16 Å². The third-order valence-corrected chi connectivity index (χ3v) is 3.49. The van der Waals surface area contributed by atoms with E-state index in [1.54, 1.807) is 6.08 Å². The van der Waals surface area contributed by atoms with Gasteiger partial charge in [0.15, 0.2) is 0 Å². The van der Waals surface area contributed by atoms with Crippen molar-refractivity contribution in [2.45, 2.75) is 71.1 Å². The number of hydrogen-bond acceptors (Lipinski definition) is 4. The van der Waals surface area contributed by atoms with Gasteiger partial charge >= 0.3 is 6.16 Å². The second-order valence-corrected chi connectivity index (χ2v) is 5.49. The van der Waals surface area contributed by atoms with Crippen LogP contribution in [0.4, 0.5) is 4.79 Å². The molecular formula is C18H34O4. The normalized spacial score (nSPS) is 11.0. The molecule has 0 aliphatic rings. The van der Waals surface area contributed by atoms with Gasteiger partial charge in [-0.3, -0.25) is 0 Å². The first-order valence-corrected chi connectivity index (χ1v) is 8.74. The van der Waals surface area contributed by atoms with Gasteiger partial charge in [-0.2, -0.15) is 0 Å². The second-order valence-electron chi connectivity index (χ2n) is 5.49. The maximum atomic E-state index is 10.7. The van der Waals surface area contributed by atoms with Gasteiger partial charge in [-0.05, 0) is 12.5 Å². The Hall–Kier alpha value is -1.03. The van der Waals surface area contributed by atoms with Gasteiger partial charge in [0, 0.05) is 6.61 Å². The number of carbonyl (C=O) groups is 1. The summed E-state index contributed by atoms with van der Waals surface area (Å²) in [5.41, 5.74) is 0. The Kier molecular flexibility index (Phi) is 17.2. The van der Waals surface area contributed by atoms with Crippen LogP contribution < -0.4 is 0 Å². The largest absolute Gasteiger partial charge is 0.508 e. The zero-order valence-electron chi connectivity index (χ0n) is 14.5. The number of unbranched alkanes of at least 4 members (excludes halogenated alkanes) is 9. The molecular weight excluding hydrogens is 280 g/mol. The highest BCUT2D eigenvalue weighted by molar-refractivity contribution is 5.59. The maximum Gasteiger partial charge on any atom is 0.508 e. The molecule has 0 amide bonds. The highest BCUT2D eigenvalue weighted by atomic mass is 16.7. The molecule has 0 saturated heterocycles. The van der Waals surface area contributed by atoms with Crippen molar-refractivity contribution in [2.24, 2.45) is 0 Å². The Labute approximate surface area is 136 Å². The molecule has 0 aromatic heterocycles. The van der Waals surface area contributed by atoms with E-state index in [0.717, 1.165) is 13.0 Å². The van der Waals surface area contributed by atoms with Gasteiger partial charge < -0.3 is 14.2 Å². The Balaban J connectivity index is 3.08. The molecule has 4 heteroatoms. The third kappa shape index (κ3) is 17.0. The van der Waals surface area contributed by atoms with E-state index in [1.807, 2.05) is 6.08 Å². The number of hydrogen-bond donors (Lipinski definition) is 0. The van der Waals surface area contributed by atoms with Crippen LogP contribution in [0, 0.1) is 0 Å². The van der Waals surface area contributed by atoms with Gasteiger partial charge in [0.05, 0.1) is 13.7 Å². The summed E-state index contributed by atoms with van der Waals surface area (Å²) in [6, 6.07) is 0. The number of carbonyl (C=O) groups excluding carboxylic acids is 1. The van der Waals surface area contributed by atoms with E-state index in [2.05, 4.69) is 11.7 Å². The van der Waals surface area contributed by atoms with E-state index in [1.165, 1.54) is 64.9 Å². The lowest BCUT2D eigenvalue weighted by Crippen LogP contribution is -2.03. The molecule has 22 heavy (non-hydrogen) atoms. The summed E-state index contributed by atoms with van der Waals surface area (Å²) in [5, 5.41) is 0. The standard InChI is InChI=1S/C18H34O4/c1-3-4-5-6-7-8-9-10-11-12-15-21-16-13-14-17-22-18(19)20-2/h13-14H,3-12,15-17H2,1-2H3/b14-13-. The minimum Gasteiger partial charge on any atom is -0.438 e. The predicted molar refractivity (Wildman–Crippen MR) is 90.2 cm³/mol. The lowest BCUT2D eigenvalue weighted by atomic mass is 10.1. The monoisotopic (exact) mass is 314 g/mol. The van der Waals surface area contributed by atoms with Crippen molar-refractivity contribution in [2.75, 3.05) is 26.9 Å². The lowest BCUT2D eigenvalue weighted by Gasteiger charge is -2.03. The molecule has 0 spiro atoms. The molecule has 0 rings (SSSR count). The van der Waals surface area contributed by atoms with E-state index >= 15 is 0 Å². The molecule has 0 heterocycles. The average Bonchev–Trinajstić information content (AvgIpc) is 2.54. The van der Waals surface area contributed by atoms with Gasteiger partial charge in [0.25, 0.3) is 0 Å². The third-order valence-electron chi connectivity index (χ3n) is 3.49. The van der Waals surface area contributed by atoms with Crippen LogP contribution in [0.5, 0.6) is 0 Å². The van der Waals surface area contributed by atoms with Gasteiger partial charge in [0.2, 0.25) is 0 Å². The van der Waals surface area contributed by atoms with Gasteiger partial charge in [-0.1, -0.05) is 70.8 Å². The summed E-state index contributed by atoms with van der Waals surface area (Å²) >= 11 is 0. The molecule has 0 saturated carbocycles. The maximum absolute atomic E-state index is 10.7. The van der Waals surface area contributed by atoms with E-state index < -0.39 is 6.16 Å². The van der Waals surface area contributed by atoms with Gasteiger partial charge in [-0.25, -0.2) is 4.79 Å². The average molecular weight is 314 g/mol. The van der Waals surface area contributed by atoms with E-state index in [-0.39, 0.29) is 6.61 Å². The van der Waals surface area contributed by atoms with Crippen LogP contribution in [0.3, 0.4) is 0 Å². The molecule has 0 aromatic carbocycles. The summed E-state index contributed by atoms with van der Waals surface area (Å²) in [7, 11) is 1.29. The van der Waals surface area contributed by atoms with Crippen LogP contribution in [-0.4, -0.2) is 33.1 Å². The Morgan fingerprint density at radius 3 is 1.95 bits per heavy atom. The summed E-state index contributed by atoms with van der Waals surface area (Å²) in [4.78, 5) is 10.7. The van der Waals surface area contributed by atoms with Crippen LogP contribution in [-0.2, 0) is 14.2 Å². The zero-order chi connectivity index (χ0) is 16.3. The molecule has 0 aliphatic heterocycles. The SMILES string of the molecule is CCCCCCCCCCCCOC/C=C\COC(=O)OC. The van der Waals surface area contributed by atoms with Crippen molar-refractivity contribution in [3.8, 4) is 0 Å². The fourth-order valence-corrected chi connectivity index (χ4v) is 2.15. The molecule has 0 bridgehead atoms. The minimum absolute atomic E-state index is 0.230. The van der Waals surface area contributed by atoms with E-state index in [9.17, 15) is 4.79 Å². The Morgan fingerprint density at radius 2 is 1.36 bits per heavy atom. The molecule has 0 unspecified atom stereocenters. The topological polar surface area (TPSA) is 44.8 Å². The molecule has 0 N–H and O–H groups in total. The highest BCUT2D eigenvalue weighted by Crippen LogP contribution is 2.10. The van der Waals surface area contributed by atoms with Crippen LogP contribution in [0.1, 0.15) is 71.1 Å². The first-order chi connectivity index (χ1) is 10.8. The molecule has 0 radical (unpaired) electrons. The van der Waals surface area contributed by atoms with Crippen molar-refractivity contribution < 1.29 is 19.0 Å². The molecule has 0 aromatic rings. The fourth-order valence-electron chi connectivity index (χ4n) is 2.15. The molecule has 4 nitrogen and oxygen atoms in total. The predicted octanol–water partition coefficient (Wildman–Crippen LogP) is 5.26. The molecule has 0 fully saturated rings. The van der Waals surface area contributed by atoms with Crippen molar-refractivity contribution in [3.63, 3.8) is 0 Å². The zero-order valence-corrected chi connectivity index (χ0v) is 14.5. The summed E-state index contributed by atoms with van der Waals surface area (Å²) < 4.78 is 14.5. The lowest BCUT2D eigenvalue weighted by molar-refractivity contribution is 0.0815. The molecule has 0 atom stereocenters. The highest BCUT2D eigenvalue weighted by Gasteiger charge is 1.95. The smallest absolute Gasteiger partial charge is 0.438 e. The van der Waals surface area contributed by atoms with Crippen LogP contribution in [0.2, 0.25) is 0 Å². The fraction of sp³-hybridized carbons (Fsp3) is 0.833. The van der Waals surface area contributed by atoms with E-state index in [4.69, 9.17) is 9.47 Å². The quantitative estimate of drug-likeness (QED) is 0.235. The Bertz CT molecular complexity index is 264. The van der Waals surface area contributed by atoms with Gasteiger partial charge in [0.1, 0.15) is 6.61 Å². The first kappa shape index (κ1) is 21.0. The van der Waals surface area contributed by atoms with Crippen molar-refractivity contribution in [1.82, 2.24) is 0 Å². The van der Waals surface area contributed by atoms with Crippen molar-refractivity contribution in [3.05, 3.63) is 12.2 Å². The molecule has 130 valence electrons. The van der Waals surface area contributed by atoms with Crippen LogP contribution in [0.25, 0.3) is 0 Å². The number of ether oxygens (including phenoxy) is 3. The molecule has 0 aliphatic carbocycles. The number of methoxy groups -OCH3 is 1. The van der Waals surface area contributed by atoms with E-state index in [0.29, 0.717) is 6.61 Å². The second kappa shape index (κ2) is 18.0. The first-order valence-electron chi connectivity index (χ1n) is 8.74. The van der Waals surface area contributed by atoms with Crippen molar-refractivity contribution in [1.29, 1.82) is 0 Å². The van der Waals surface area contributed by atoms with Crippen LogP contribution in [0.15, 0.2) is 12.2 Å².